The topological polar surface area (TPSA) is 59.2 Å². The maximum atomic E-state index is 12.9. The van der Waals surface area contributed by atoms with Crippen molar-refractivity contribution in [1.29, 1.82) is 0 Å². The minimum Gasteiger partial charge on any atom is -0.360 e. The largest absolute Gasteiger partial charge is 0.360 e. The molecule has 24 heavy (non-hydrogen) atoms. The molecule has 1 amide bonds. The van der Waals surface area contributed by atoms with Crippen LogP contribution < -0.4 is 0 Å². The molecule has 5 nitrogen and oxygen atoms in total. The second kappa shape index (κ2) is 6.84. The molecular formula is C18H16ClN3O2. The van der Waals surface area contributed by atoms with Gasteiger partial charge in [-0.25, -0.2) is 0 Å². The summed E-state index contributed by atoms with van der Waals surface area (Å²) in [5.74, 6) is 0.292. The molecule has 0 aliphatic carbocycles. The lowest BCUT2D eigenvalue weighted by Gasteiger charge is -2.17. The SMILES string of the molecule is Cc1onc(-c2ccccc2Cl)c1C(=O)N(C)Cc1cccnc1. The third-order valence-electron chi connectivity index (χ3n) is 3.69. The molecule has 0 spiro atoms. The quantitative estimate of drug-likeness (QED) is 0.720. The monoisotopic (exact) mass is 341 g/mol. The lowest BCUT2D eigenvalue weighted by atomic mass is 10.0. The van der Waals surface area contributed by atoms with Crippen LogP contribution in [0.15, 0.2) is 53.3 Å². The van der Waals surface area contributed by atoms with E-state index >= 15 is 0 Å². The zero-order valence-corrected chi connectivity index (χ0v) is 14.1. The Morgan fingerprint density at radius 2 is 2.04 bits per heavy atom. The van der Waals surface area contributed by atoms with E-state index < -0.39 is 0 Å². The van der Waals surface area contributed by atoms with Crippen LogP contribution in [0.3, 0.4) is 0 Å². The molecule has 122 valence electrons. The number of aromatic nitrogens is 2. The van der Waals surface area contributed by atoms with Gasteiger partial charge in [-0.1, -0.05) is 41.0 Å². The van der Waals surface area contributed by atoms with Crippen molar-refractivity contribution in [2.24, 2.45) is 0 Å². The molecule has 1 aromatic carbocycles. The molecule has 0 aliphatic heterocycles. The Kier molecular flexibility index (Phi) is 4.62. The van der Waals surface area contributed by atoms with Gasteiger partial charge in [-0.15, -0.1) is 0 Å². The van der Waals surface area contributed by atoms with Gasteiger partial charge in [0, 0.05) is 31.5 Å². The van der Waals surface area contributed by atoms with Crippen LogP contribution in [-0.2, 0) is 6.54 Å². The van der Waals surface area contributed by atoms with Crippen molar-refractivity contribution < 1.29 is 9.32 Å². The van der Waals surface area contributed by atoms with Gasteiger partial charge in [0.15, 0.2) is 0 Å². The Balaban J connectivity index is 1.93. The highest BCUT2D eigenvalue weighted by molar-refractivity contribution is 6.33. The molecule has 2 aromatic heterocycles. The average Bonchev–Trinajstić information content (AvgIpc) is 2.97. The average molecular weight is 342 g/mol. The number of pyridine rings is 1. The van der Waals surface area contributed by atoms with Crippen LogP contribution in [0.2, 0.25) is 5.02 Å². The Hall–Kier alpha value is -2.66. The minimum atomic E-state index is -0.174. The van der Waals surface area contributed by atoms with E-state index in [4.69, 9.17) is 16.1 Å². The van der Waals surface area contributed by atoms with Gasteiger partial charge >= 0.3 is 0 Å². The Morgan fingerprint density at radius 3 is 2.75 bits per heavy atom. The molecule has 0 aliphatic rings. The van der Waals surface area contributed by atoms with Crippen LogP contribution in [0.5, 0.6) is 0 Å². The number of benzene rings is 1. The smallest absolute Gasteiger partial charge is 0.259 e. The fraction of sp³-hybridized carbons (Fsp3) is 0.167. The van der Waals surface area contributed by atoms with Crippen molar-refractivity contribution in [3.8, 4) is 11.3 Å². The van der Waals surface area contributed by atoms with Crippen molar-refractivity contribution >= 4 is 17.5 Å². The molecule has 0 saturated heterocycles. The Morgan fingerprint density at radius 1 is 1.25 bits per heavy atom. The summed E-state index contributed by atoms with van der Waals surface area (Å²) >= 11 is 6.24. The van der Waals surface area contributed by atoms with Gasteiger partial charge in [-0.05, 0) is 24.6 Å². The maximum Gasteiger partial charge on any atom is 0.259 e. The Bertz CT molecular complexity index is 862. The molecule has 0 bridgehead atoms. The van der Waals surface area contributed by atoms with Crippen LogP contribution in [-0.4, -0.2) is 28.0 Å². The summed E-state index contributed by atoms with van der Waals surface area (Å²) < 4.78 is 5.26. The minimum absolute atomic E-state index is 0.174. The number of hydrogen-bond acceptors (Lipinski definition) is 4. The van der Waals surface area contributed by atoms with E-state index in [2.05, 4.69) is 10.1 Å². The molecule has 0 unspecified atom stereocenters. The van der Waals surface area contributed by atoms with Crippen LogP contribution in [0.1, 0.15) is 21.7 Å². The van der Waals surface area contributed by atoms with E-state index in [1.54, 1.807) is 37.3 Å². The molecule has 3 aromatic rings. The molecule has 0 atom stereocenters. The lowest BCUT2D eigenvalue weighted by molar-refractivity contribution is 0.0784. The van der Waals surface area contributed by atoms with Gasteiger partial charge in [0.2, 0.25) is 0 Å². The van der Waals surface area contributed by atoms with Crippen LogP contribution >= 0.6 is 11.6 Å². The fourth-order valence-electron chi connectivity index (χ4n) is 2.49. The normalized spacial score (nSPS) is 10.6. The molecular weight excluding hydrogens is 326 g/mol. The van der Waals surface area contributed by atoms with Gasteiger partial charge in [-0.3, -0.25) is 9.78 Å². The summed E-state index contributed by atoms with van der Waals surface area (Å²) in [5.41, 5.74) is 2.51. The predicted octanol–water partition coefficient (Wildman–Crippen LogP) is 3.97. The number of nitrogens with zero attached hydrogens (tertiary/aromatic N) is 3. The summed E-state index contributed by atoms with van der Waals surface area (Å²) in [6.45, 7) is 2.16. The summed E-state index contributed by atoms with van der Waals surface area (Å²) in [5, 5.41) is 4.56. The van der Waals surface area contributed by atoms with Crippen molar-refractivity contribution in [2.45, 2.75) is 13.5 Å². The lowest BCUT2D eigenvalue weighted by Crippen LogP contribution is -2.27. The second-order valence-corrected chi connectivity index (χ2v) is 5.87. The van der Waals surface area contributed by atoms with Crippen LogP contribution in [0, 0.1) is 6.92 Å². The summed E-state index contributed by atoms with van der Waals surface area (Å²) in [6.07, 6.45) is 3.43. The molecule has 0 saturated carbocycles. The third kappa shape index (κ3) is 3.16. The van der Waals surface area contributed by atoms with E-state index in [1.807, 2.05) is 30.3 Å². The number of halogens is 1. The predicted molar refractivity (Wildman–Crippen MR) is 91.7 cm³/mol. The van der Waals surface area contributed by atoms with E-state index in [0.717, 1.165) is 5.56 Å². The van der Waals surface area contributed by atoms with Gasteiger partial charge < -0.3 is 9.42 Å². The number of amides is 1. The van der Waals surface area contributed by atoms with Gasteiger partial charge in [-0.2, -0.15) is 0 Å². The number of hydrogen-bond donors (Lipinski definition) is 0. The first-order valence-electron chi connectivity index (χ1n) is 7.43. The van der Waals surface area contributed by atoms with E-state index in [-0.39, 0.29) is 5.91 Å². The summed E-state index contributed by atoms with van der Waals surface area (Å²) in [7, 11) is 1.73. The van der Waals surface area contributed by atoms with Gasteiger partial charge in [0.05, 0.1) is 5.02 Å². The highest BCUT2D eigenvalue weighted by Crippen LogP contribution is 2.31. The molecule has 0 radical (unpaired) electrons. The first kappa shape index (κ1) is 16.2. The number of carbonyl (C=O) groups excluding carboxylic acids is 1. The van der Waals surface area contributed by atoms with E-state index in [0.29, 0.717) is 34.1 Å². The standard InChI is InChI=1S/C18H16ClN3O2/c1-12-16(17(21-24-12)14-7-3-4-8-15(14)19)18(23)22(2)11-13-6-5-9-20-10-13/h3-10H,11H2,1-2H3. The van der Waals surface area contributed by atoms with Gasteiger partial charge in [0.25, 0.3) is 5.91 Å². The maximum absolute atomic E-state index is 12.9. The zero-order valence-electron chi connectivity index (χ0n) is 13.4. The first-order valence-corrected chi connectivity index (χ1v) is 7.81. The summed E-state index contributed by atoms with van der Waals surface area (Å²) in [6, 6.07) is 11.0. The number of rotatable bonds is 4. The van der Waals surface area contributed by atoms with Crippen molar-refractivity contribution in [1.82, 2.24) is 15.0 Å². The zero-order chi connectivity index (χ0) is 17.1. The van der Waals surface area contributed by atoms with Gasteiger partial charge in [0.1, 0.15) is 17.0 Å². The molecule has 0 N–H and O–H groups in total. The second-order valence-electron chi connectivity index (χ2n) is 5.46. The molecule has 6 heteroatoms. The summed E-state index contributed by atoms with van der Waals surface area (Å²) in [4.78, 5) is 18.6. The highest BCUT2D eigenvalue weighted by Gasteiger charge is 2.25. The molecule has 0 fully saturated rings. The Labute approximate surface area is 144 Å². The van der Waals surface area contributed by atoms with Crippen molar-refractivity contribution in [3.05, 3.63) is 70.7 Å². The number of carbonyl (C=O) groups is 1. The molecule has 2 heterocycles. The van der Waals surface area contributed by atoms with Crippen molar-refractivity contribution in [3.63, 3.8) is 0 Å². The molecule has 3 rings (SSSR count). The third-order valence-corrected chi connectivity index (χ3v) is 4.02. The highest BCUT2D eigenvalue weighted by atomic mass is 35.5. The van der Waals surface area contributed by atoms with E-state index in [1.165, 1.54) is 0 Å². The van der Waals surface area contributed by atoms with E-state index in [9.17, 15) is 4.79 Å². The first-order chi connectivity index (χ1) is 11.6. The van der Waals surface area contributed by atoms with Crippen LogP contribution in [0.25, 0.3) is 11.3 Å². The van der Waals surface area contributed by atoms with Crippen LogP contribution in [0.4, 0.5) is 0 Å². The van der Waals surface area contributed by atoms with Crippen molar-refractivity contribution in [2.75, 3.05) is 7.05 Å². The number of aryl methyl sites for hydroxylation is 1. The fourth-order valence-corrected chi connectivity index (χ4v) is 2.71.